The Morgan fingerprint density at radius 1 is 0.170 bits per heavy atom. The van der Waals surface area contributed by atoms with E-state index in [-0.39, 0.29) is 0 Å². The maximum atomic E-state index is 2.57. The Kier molecular flexibility index (Phi) is 12.7. The number of para-hydroxylation sites is 1. The van der Waals surface area contributed by atoms with Gasteiger partial charge in [-0.25, -0.2) is 0 Å². The Morgan fingerprint density at radius 2 is 0.520 bits per heavy atom. The number of fused-ring (bicyclic) bond motifs is 13. The number of thiophene rings is 1. The van der Waals surface area contributed by atoms with Gasteiger partial charge in [-0.05, 0) is 195 Å². The molecule has 100 heavy (non-hydrogen) atoms. The highest BCUT2D eigenvalue weighted by atomic mass is 32.1. The van der Waals surface area contributed by atoms with Crippen molar-refractivity contribution < 1.29 is 0 Å². The fourth-order valence-electron chi connectivity index (χ4n) is 17.3. The molecule has 0 saturated carbocycles. The summed E-state index contributed by atoms with van der Waals surface area (Å²) in [5.74, 6) is 0. The maximum absolute atomic E-state index is 2.57. The number of aromatic nitrogens is 1. The van der Waals surface area contributed by atoms with E-state index in [1.54, 1.807) is 0 Å². The summed E-state index contributed by atoms with van der Waals surface area (Å²) in [6.45, 7) is 0. The second-order valence-corrected chi connectivity index (χ2v) is 27.8. The van der Waals surface area contributed by atoms with E-state index in [9.17, 15) is 0 Å². The van der Waals surface area contributed by atoms with Crippen LogP contribution in [0.25, 0.3) is 212 Å². The van der Waals surface area contributed by atoms with Gasteiger partial charge in [-0.3, -0.25) is 0 Å². The minimum absolute atomic E-state index is 1.20. The minimum Gasteiger partial charge on any atom is -0.308 e. The zero-order chi connectivity index (χ0) is 65.5. The van der Waals surface area contributed by atoms with Crippen molar-refractivity contribution in [3.05, 3.63) is 358 Å². The first-order valence-corrected chi connectivity index (χ1v) is 35.4. The van der Waals surface area contributed by atoms with Crippen LogP contribution >= 0.6 is 11.3 Å². The van der Waals surface area contributed by atoms with Crippen LogP contribution < -0.4 is 0 Å². The lowest BCUT2D eigenvalue weighted by Crippen LogP contribution is -1.93. The van der Waals surface area contributed by atoms with E-state index in [0.29, 0.717) is 0 Å². The Labute approximate surface area is 581 Å². The molecule has 0 radical (unpaired) electrons. The van der Waals surface area contributed by atoms with Crippen LogP contribution in [-0.2, 0) is 0 Å². The highest BCUT2D eigenvalue weighted by Gasteiger charge is 2.26. The van der Waals surface area contributed by atoms with Crippen molar-refractivity contribution in [1.82, 2.24) is 4.40 Å². The van der Waals surface area contributed by atoms with Crippen LogP contribution in [0.15, 0.2) is 358 Å². The molecule has 21 aromatic rings. The van der Waals surface area contributed by atoms with Gasteiger partial charge < -0.3 is 4.40 Å². The Morgan fingerprint density at radius 3 is 1.07 bits per heavy atom. The molecule has 0 N–H and O–H groups in total. The fourth-order valence-corrected chi connectivity index (χ4v) is 18.4. The SMILES string of the molecule is c1ccc(-c2ccc(-c3cccc(-c4c5ccccc5c(-c5ccc(-c6cccc7c(-c8ccc9c%10ccc(-c%11c%12ccccc%12c(-c%12ccc(-c%13ccccc%13)c%13ccccc%12%13)c%12ccccc%11%12)cc%10n%10c%11ccccc%11c8c9%10)cccc67)c6ccccc56)c5ccccc45)c3)s2)cc1. The predicted molar refractivity (Wildman–Crippen MR) is 430 cm³/mol. The molecule has 2 heteroatoms. The van der Waals surface area contributed by atoms with Gasteiger partial charge in [0.1, 0.15) is 0 Å². The van der Waals surface area contributed by atoms with Gasteiger partial charge in [0.15, 0.2) is 0 Å². The van der Waals surface area contributed by atoms with E-state index < -0.39 is 0 Å². The van der Waals surface area contributed by atoms with Gasteiger partial charge in [-0.15, -0.1) is 11.3 Å². The van der Waals surface area contributed by atoms with Crippen molar-refractivity contribution in [3.8, 4) is 98.8 Å². The van der Waals surface area contributed by atoms with Gasteiger partial charge >= 0.3 is 0 Å². The van der Waals surface area contributed by atoms with E-state index in [4.69, 9.17) is 0 Å². The largest absolute Gasteiger partial charge is 0.308 e. The van der Waals surface area contributed by atoms with E-state index in [1.165, 1.54) is 212 Å². The molecule has 0 fully saturated rings. The van der Waals surface area contributed by atoms with Crippen LogP contribution in [0.1, 0.15) is 0 Å². The molecular formula is C98H59NS. The molecule has 462 valence electrons. The van der Waals surface area contributed by atoms with Crippen LogP contribution in [0.2, 0.25) is 0 Å². The quantitative estimate of drug-likeness (QED) is 0.127. The average Bonchev–Trinajstić information content (AvgIpc) is 1.58. The molecule has 1 nitrogen and oxygen atoms in total. The molecule has 0 aliphatic heterocycles. The van der Waals surface area contributed by atoms with Gasteiger partial charge in [0.2, 0.25) is 0 Å². The summed E-state index contributed by atoms with van der Waals surface area (Å²) in [5.41, 5.74) is 23.4. The van der Waals surface area contributed by atoms with E-state index in [2.05, 4.69) is 362 Å². The van der Waals surface area contributed by atoms with Crippen LogP contribution in [0.3, 0.4) is 0 Å². The van der Waals surface area contributed by atoms with Gasteiger partial charge in [0, 0.05) is 31.3 Å². The molecule has 0 amide bonds. The number of benzene rings is 18. The summed E-state index contributed by atoms with van der Waals surface area (Å²) < 4.78 is 2.57. The predicted octanol–water partition coefficient (Wildman–Crippen LogP) is 28.0. The molecule has 21 rings (SSSR count). The highest BCUT2D eigenvalue weighted by molar-refractivity contribution is 7.18. The average molecular weight is 1280 g/mol. The highest BCUT2D eigenvalue weighted by Crippen LogP contribution is 2.52. The third-order valence-corrected chi connectivity index (χ3v) is 22.8. The van der Waals surface area contributed by atoms with Gasteiger partial charge in [0.25, 0.3) is 0 Å². The molecule has 0 bridgehead atoms. The van der Waals surface area contributed by atoms with Crippen molar-refractivity contribution >= 4 is 125 Å². The van der Waals surface area contributed by atoms with Crippen LogP contribution in [0, 0.1) is 0 Å². The second-order valence-electron chi connectivity index (χ2n) is 26.7. The summed E-state index contributed by atoms with van der Waals surface area (Å²) >= 11 is 1.85. The molecule has 0 aliphatic rings. The molecule has 0 atom stereocenters. The van der Waals surface area contributed by atoms with Gasteiger partial charge in [0.05, 0.1) is 16.6 Å². The molecule has 0 spiro atoms. The normalized spacial score (nSPS) is 12.0. The van der Waals surface area contributed by atoms with E-state index >= 15 is 0 Å². The Hall–Kier alpha value is -12.7. The number of hydrogen-bond donors (Lipinski definition) is 0. The van der Waals surface area contributed by atoms with E-state index in [1.807, 2.05) is 11.3 Å². The zero-order valence-electron chi connectivity index (χ0n) is 54.4. The van der Waals surface area contributed by atoms with Crippen LogP contribution in [0.5, 0.6) is 0 Å². The van der Waals surface area contributed by atoms with Crippen molar-refractivity contribution in [2.24, 2.45) is 0 Å². The summed E-state index contributed by atoms with van der Waals surface area (Å²) in [5, 5.41) is 22.4. The third kappa shape index (κ3) is 8.48. The number of nitrogens with zero attached hydrogens (tertiary/aromatic N) is 1. The smallest absolute Gasteiger partial charge is 0.0626 e. The topological polar surface area (TPSA) is 4.41 Å². The van der Waals surface area contributed by atoms with Gasteiger partial charge in [-0.1, -0.05) is 328 Å². The van der Waals surface area contributed by atoms with Crippen molar-refractivity contribution in [3.63, 3.8) is 0 Å². The fraction of sp³-hybridized carbons (Fsp3) is 0. The number of hydrogen-bond acceptors (Lipinski definition) is 1. The molecule has 0 aliphatic carbocycles. The lowest BCUT2D eigenvalue weighted by Gasteiger charge is -2.20. The monoisotopic (exact) mass is 1280 g/mol. The van der Waals surface area contributed by atoms with Crippen molar-refractivity contribution in [2.45, 2.75) is 0 Å². The molecule has 0 unspecified atom stereocenters. The molecule has 0 saturated heterocycles. The summed E-state index contributed by atoms with van der Waals surface area (Å²) in [6, 6.07) is 134. The first-order chi connectivity index (χ1) is 49.7. The van der Waals surface area contributed by atoms with Crippen LogP contribution in [-0.4, -0.2) is 4.40 Å². The van der Waals surface area contributed by atoms with Crippen molar-refractivity contribution in [1.29, 1.82) is 0 Å². The second kappa shape index (κ2) is 22.4. The summed E-state index contributed by atoms with van der Waals surface area (Å²) in [7, 11) is 0. The standard InChI is InChI=1S/C98H59NS/c1-3-24-60(25-4-1)65-50-52-84(71-32-9-7-30-66(65)71)95-82-40-17-13-36-78(82)94(79-37-14-18-41-83(79)95)64-48-49-75-87-55-54-86(97-88-42-19-20-47-89(88)99(98(87)97)90(75)59-64)73-46-23-43-68-69(73)44-22-45-70(68)74-51-53-85(72-33-10-8-31-67(72)74)96-80-38-15-11-34-76(80)93(77-35-12-16-39-81(77)96)63-29-21-28-62(58-63)92-57-56-91(100-92)61-26-5-2-6-27-61/h1-59H. The molecule has 3 heterocycles. The Bertz CT molecular complexity index is 6830. The van der Waals surface area contributed by atoms with E-state index in [0.717, 1.165) is 0 Å². The zero-order valence-corrected chi connectivity index (χ0v) is 55.2. The number of rotatable bonds is 9. The Balaban J connectivity index is 0.698. The molecular weight excluding hydrogens is 1220 g/mol. The molecule has 18 aromatic carbocycles. The maximum Gasteiger partial charge on any atom is 0.0626 e. The lowest BCUT2D eigenvalue weighted by atomic mass is 9.83. The summed E-state index contributed by atoms with van der Waals surface area (Å²) in [6.07, 6.45) is 0. The van der Waals surface area contributed by atoms with Gasteiger partial charge in [-0.2, -0.15) is 0 Å². The minimum atomic E-state index is 1.20. The molecule has 3 aromatic heterocycles. The third-order valence-electron chi connectivity index (χ3n) is 21.6. The summed E-state index contributed by atoms with van der Waals surface area (Å²) in [4.78, 5) is 2.54. The van der Waals surface area contributed by atoms with Crippen molar-refractivity contribution in [2.75, 3.05) is 0 Å². The first kappa shape index (κ1) is 56.5. The lowest BCUT2D eigenvalue weighted by molar-refractivity contribution is 1.37. The van der Waals surface area contributed by atoms with Crippen LogP contribution in [0.4, 0.5) is 0 Å². The first-order valence-electron chi connectivity index (χ1n) is 34.6.